The van der Waals surface area contributed by atoms with E-state index in [0.717, 1.165) is 12.8 Å². The van der Waals surface area contributed by atoms with E-state index in [1.54, 1.807) is 0 Å². The van der Waals surface area contributed by atoms with Crippen LogP contribution in [0.4, 0.5) is 0 Å². The summed E-state index contributed by atoms with van der Waals surface area (Å²) in [5.74, 6) is 0.0646. The SMILES string of the molecule is C[C@@]1(C(=O)N2CCC(CC(N)=O)CC2)CC1(Cl)Cl. The molecule has 1 aliphatic heterocycles. The number of hydrogen-bond acceptors (Lipinski definition) is 2. The smallest absolute Gasteiger partial charge is 0.231 e. The van der Waals surface area contributed by atoms with Gasteiger partial charge in [-0.3, -0.25) is 9.59 Å². The first-order valence-electron chi connectivity index (χ1n) is 6.22. The summed E-state index contributed by atoms with van der Waals surface area (Å²) in [6, 6.07) is 0. The van der Waals surface area contributed by atoms with Crippen LogP contribution >= 0.6 is 23.2 Å². The topological polar surface area (TPSA) is 63.4 Å². The Balaban J connectivity index is 1.87. The van der Waals surface area contributed by atoms with E-state index in [1.807, 2.05) is 11.8 Å². The molecule has 2 rings (SSSR count). The first-order chi connectivity index (χ1) is 8.26. The van der Waals surface area contributed by atoms with Crippen molar-refractivity contribution in [3.05, 3.63) is 0 Å². The van der Waals surface area contributed by atoms with Crippen LogP contribution in [0.2, 0.25) is 0 Å². The van der Waals surface area contributed by atoms with Gasteiger partial charge in [0.05, 0.1) is 5.41 Å². The van der Waals surface area contributed by atoms with E-state index < -0.39 is 9.75 Å². The quantitative estimate of drug-likeness (QED) is 0.805. The third-order valence-corrected chi connectivity index (χ3v) is 5.22. The summed E-state index contributed by atoms with van der Waals surface area (Å²) in [5, 5.41) is 0. The molecule has 2 N–H and O–H groups in total. The number of nitrogens with two attached hydrogens (primary N) is 1. The van der Waals surface area contributed by atoms with Crippen molar-refractivity contribution in [1.29, 1.82) is 0 Å². The molecule has 0 aromatic rings. The number of piperidine rings is 1. The third-order valence-electron chi connectivity index (χ3n) is 4.12. The minimum Gasteiger partial charge on any atom is -0.370 e. The summed E-state index contributed by atoms with van der Waals surface area (Å²) in [4.78, 5) is 24.9. The van der Waals surface area contributed by atoms with Crippen molar-refractivity contribution in [2.75, 3.05) is 13.1 Å². The monoisotopic (exact) mass is 292 g/mol. The first-order valence-corrected chi connectivity index (χ1v) is 6.97. The zero-order valence-corrected chi connectivity index (χ0v) is 11.9. The van der Waals surface area contributed by atoms with Gasteiger partial charge in [-0.15, -0.1) is 23.2 Å². The largest absolute Gasteiger partial charge is 0.370 e. The third kappa shape index (κ3) is 2.45. The van der Waals surface area contributed by atoms with E-state index in [0.29, 0.717) is 31.8 Å². The molecule has 0 unspecified atom stereocenters. The van der Waals surface area contributed by atoms with Gasteiger partial charge in [0, 0.05) is 19.5 Å². The first kappa shape index (κ1) is 13.9. The highest BCUT2D eigenvalue weighted by atomic mass is 35.5. The lowest BCUT2D eigenvalue weighted by atomic mass is 9.92. The van der Waals surface area contributed by atoms with Gasteiger partial charge in [0.2, 0.25) is 11.8 Å². The summed E-state index contributed by atoms with van der Waals surface area (Å²) in [5.41, 5.74) is 4.55. The van der Waals surface area contributed by atoms with Crippen molar-refractivity contribution in [3.63, 3.8) is 0 Å². The average molecular weight is 293 g/mol. The predicted octanol–water partition coefficient (Wildman–Crippen LogP) is 1.68. The van der Waals surface area contributed by atoms with Crippen molar-refractivity contribution in [2.45, 2.75) is 36.9 Å². The lowest BCUT2D eigenvalue weighted by Gasteiger charge is -2.33. The Morgan fingerprint density at radius 2 is 1.83 bits per heavy atom. The fourth-order valence-corrected chi connectivity index (χ4v) is 3.30. The fraction of sp³-hybridized carbons (Fsp3) is 0.833. The molecule has 1 heterocycles. The molecule has 0 aromatic carbocycles. The van der Waals surface area contributed by atoms with Crippen LogP contribution in [-0.2, 0) is 9.59 Å². The van der Waals surface area contributed by atoms with Gasteiger partial charge in [0.25, 0.3) is 0 Å². The molecule has 102 valence electrons. The summed E-state index contributed by atoms with van der Waals surface area (Å²) in [6.07, 6.45) is 2.57. The molecule has 1 atom stereocenters. The maximum absolute atomic E-state index is 12.3. The zero-order valence-electron chi connectivity index (χ0n) is 10.4. The van der Waals surface area contributed by atoms with Crippen LogP contribution in [0.5, 0.6) is 0 Å². The zero-order chi connectivity index (χ0) is 13.6. The van der Waals surface area contributed by atoms with Crippen LogP contribution in [0, 0.1) is 11.3 Å². The standard InChI is InChI=1S/C12H18Cl2N2O2/c1-11(7-12(11,13)14)10(18)16-4-2-8(3-5-16)6-9(15)17/h8H,2-7H2,1H3,(H2,15,17)/t11-/m0/s1. The van der Waals surface area contributed by atoms with Gasteiger partial charge in [0.1, 0.15) is 4.33 Å². The molecule has 0 spiro atoms. The summed E-state index contributed by atoms with van der Waals surface area (Å²) in [7, 11) is 0. The minimum atomic E-state index is -0.909. The van der Waals surface area contributed by atoms with Gasteiger partial charge in [-0.25, -0.2) is 0 Å². The highest BCUT2D eigenvalue weighted by molar-refractivity contribution is 6.53. The van der Waals surface area contributed by atoms with E-state index >= 15 is 0 Å². The summed E-state index contributed by atoms with van der Waals surface area (Å²) in [6.45, 7) is 3.14. The van der Waals surface area contributed by atoms with Gasteiger partial charge in [0.15, 0.2) is 0 Å². The second kappa shape index (κ2) is 4.57. The lowest BCUT2D eigenvalue weighted by molar-refractivity contribution is -0.138. The number of carbonyl (C=O) groups excluding carboxylic acids is 2. The number of hydrogen-bond donors (Lipinski definition) is 1. The van der Waals surface area contributed by atoms with Gasteiger partial charge in [-0.2, -0.15) is 0 Å². The maximum atomic E-state index is 12.3. The molecule has 2 fully saturated rings. The maximum Gasteiger partial charge on any atom is 0.231 e. The molecule has 0 aromatic heterocycles. The summed E-state index contributed by atoms with van der Waals surface area (Å²) >= 11 is 12.0. The highest BCUT2D eigenvalue weighted by Crippen LogP contribution is 2.64. The number of rotatable bonds is 3. The second-order valence-electron chi connectivity index (χ2n) is 5.62. The highest BCUT2D eigenvalue weighted by Gasteiger charge is 2.68. The Bertz CT molecular complexity index is 378. The number of amides is 2. The van der Waals surface area contributed by atoms with Crippen molar-refractivity contribution < 1.29 is 9.59 Å². The van der Waals surface area contributed by atoms with Gasteiger partial charge in [-0.1, -0.05) is 0 Å². The number of primary amides is 1. The Morgan fingerprint density at radius 3 is 2.22 bits per heavy atom. The van der Waals surface area contributed by atoms with Crippen LogP contribution in [0.1, 0.15) is 32.6 Å². The van der Waals surface area contributed by atoms with E-state index in [-0.39, 0.29) is 11.8 Å². The Hall–Kier alpha value is -0.480. The molecule has 1 aliphatic carbocycles. The molecule has 0 radical (unpaired) electrons. The Labute approximate surface area is 117 Å². The van der Waals surface area contributed by atoms with Gasteiger partial charge in [-0.05, 0) is 32.1 Å². The molecule has 1 saturated carbocycles. The van der Waals surface area contributed by atoms with Gasteiger partial charge < -0.3 is 10.6 Å². The molecular weight excluding hydrogens is 275 g/mol. The Morgan fingerprint density at radius 1 is 1.33 bits per heavy atom. The van der Waals surface area contributed by atoms with Crippen LogP contribution in [0.25, 0.3) is 0 Å². The van der Waals surface area contributed by atoms with E-state index in [2.05, 4.69) is 0 Å². The molecular formula is C12H18Cl2N2O2. The predicted molar refractivity (Wildman–Crippen MR) is 70.3 cm³/mol. The Kier molecular flexibility index (Phi) is 3.54. The number of halogens is 2. The number of alkyl halides is 2. The van der Waals surface area contributed by atoms with Gasteiger partial charge >= 0.3 is 0 Å². The molecule has 1 saturated heterocycles. The second-order valence-corrected chi connectivity index (χ2v) is 7.10. The molecule has 2 aliphatic rings. The average Bonchev–Trinajstić information content (AvgIpc) is 2.79. The van der Waals surface area contributed by atoms with Crippen LogP contribution in [0.15, 0.2) is 0 Å². The lowest BCUT2D eigenvalue weighted by Crippen LogP contribution is -2.43. The minimum absolute atomic E-state index is 0.0324. The van der Waals surface area contributed by atoms with Crippen LogP contribution < -0.4 is 5.73 Å². The van der Waals surface area contributed by atoms with E-state index in [1.165, 1.54) is 0 Å². The van der Waals surface area contributed by atoms with E-state index in [9.17, 15) is 9.59 Å². The van der Waals surface area contributed by atoms with Crippen molar-refractivity contribution in [3.8, 4) is 0 Å². The molecule has 0 bridgehead atoms. The summed E-state index contributed by atoms with van der Waals surface area (Å²) < 4.78 is -0.909. The number of likely N-dealkylation sites (tertiary alicyclic amines) is 1. The molecule has 4 nitrogen and oxygen atoms in total. The number of carbonyl (C=O) groups is 2. The van der Waals surface area contributed by atoms with Crippen molar-refractivity contribution >= 4 is 35.0 Å². The van der Waals surface area contributed by atoms with Crippen LogP contribution in [0.3, 0.4) is 0 Å². The molecule has 18 heavy (non-hydrogen) atoms. The molecule has 2 amide bonds. The van der Waals surface area contributed by atoms with Crippen LogP contribution in [-0.4, -0.2) is 34.1 Å². The van der Waals surface area contributed by atoms with Crippen molar-refractivity contribution in [1.82, 2.24) is 4.90 Å². The number of nitrogens with zero attached hydrogens (tertiary/aromatic N) is 1. The molecule has 6 heteroatoms. The normalized spacial score (nSPS) is 31.2. The fourth-order valence-electron chi connectivity index (χ4n) is 2.61. The van der Waals surface area contributed by atoms with Crippen molar-refractivity contribution in [2.24, 2.45) is 17.1 Å². The van der Waals surface area contributed by atoms with E-state index in [4.69, 9.17) is 28.9 Å².